The van der Waals surface area contributed by atoms with Gasteiger partial charge in [0.25, 0.3) is 11.2 Å². The molecule has 0 spiro atoms. The first-order chi connectivity index (χ1) is 18.2. The van der Waals surface area contributed by atoms with Gasteiger partial charge in [0, 0.05) is 46.0 Å². The highest BCUT2D eigenvalue weighted by Crippen LogP contribution is 2.27. The van der Waals surface area contributed by atoms with Crippen LogP contribution >= 0.6 is 11.3 Å². The van der Waals surface area contributed by atoms with Crippen LogP contribution in [-0.2, 0) is 17.7 Å². The van der Waals surface area contributed by atoms with E-state index in [4.69, 9.17) is 4.74 Å². The van der Waals surface area contributed by atoms with Crippen molar-refractivity contribution in [3.8, 4) is 6.07 Å². The third-order valence-corrected chi connectivity index (χ3v) is 7.05. The zero-order valence-corrected chi connectivity index (χ0v) is 22.7. The number of nitro benzene ring substituents is 1. The smallest absolute Gasteiger partial charge is 0.293 e. The maximum atomic E-state index is 13.4. The molecule has 0 saturated heterocycles. The molecule has 0 radical (unpaired) electrons. The molecule has 2 aromatic carbocycles. The van der Waals surface area contributed by atoms with Crippen LogP contribution in [0.15, 0.2) is 47.3 Å². The number of aryl methyl sites for hydroxylation is 1. The number of carbonyl (C=O) groups is 1. The van der Waals surface area contributed by atoms with Gasteiger partial charge in [0.1, 0.15) is 22.0 Å². The Hall–Kier alpha value is -4.07. The van der Waals surface area contributed by atoms with Gasteiger partial charge in [0.2, 0.25) is 5.78 Å². The normalized spacial score (nSPS) is 12.2. The number of nitrogens with zero attached hydrogens (tertiary/aromatic N) is 4. The molecule has 0 bridgehead atoms. The van der Waals surface area contributed by atoms with Crippen LogP contribution in [0.2, 0.25) is 0 Å². The molecule has 0 amide bonds. The number of carbonyl (C=O) groups excluding carboxylic acids is 1. The minimum Gasteiger partial charge on any atom is -0.385 e. The average Bonchev–Trinajstić information content (AvgIpc) is 3.19. The third-order valence-electron chi connectivity index (χ3n) is 5.92. The predicted octanol–water partition coefficient (Wildman–Crippen LogP) is 3.26. The number of ether oxygens (including phenoxy) is 1. The molecule has 198 valence electrons. The Balaban J connectivity index is 2.21. The van der Waals surface area contributed by atoms with E-state index in [0.717, 1.165) is 29.7 Å². The zero-order chi connectivity index (χ0) is 27.8. The Morgan fingerprint density at radius 2 is 1.95 bits per heavy atom. The molecular formula is C28H30N4O5S. The van der Waals surface area contributed by atoms with Crippen LogP contribution in [0.3, 0.4) is 0 Å². The van der Waals surface area contributed by atoms with E-state index >= 15 is 0 Å². The summed E-state index contributed by atoms with van der Waals surface area (Å²) in [6.07, 6.45) is 3.92. The number of hydrogen-bond donors (Lipinski definition) is 0. The molecule has 0 N–H and O–H groups in total. The molecule has 9 nitrogen and oxygen atoms in total. The van der Waals surface area contributed by atoms with Crippen LogP contribution < -0.4 is 19.7 Å². The number of hydrogen-bond acceptors (Lipinski definition) is 8. The second-order valence-electron chi connectivity index (χ2n) is 8.88. The van der Waals surface area contributed by atoms with Crippen molar-refractivity contribution in [1.29, 1.82) is 5.26 Å². The summed E-state index contributed by atoms with van der Waals surface area (Å²) in [5.74, 6) is -0.463. The van der Waals surface area contributed by atoms with Crippen molar-refractivity contribution < 1.29 is 14.5 Å². The van der Waals surface area contributed by atoms with Gasteiger partial charge in [-0.3, -0.25) is 24.3 Å². The summed E-state index contributed by atoms with van der Waals surface area (Å²) < 4.78 is 7.06. The molecule has 1 aromatic heterocycles. The number of benzene rings is 2. The number of nitro groups is 1. The highest BCUT2D eigenvalue weighted by Gasteiger charge is 2.19. The van der Waals surface area contributed by atoms with Crippen LogP contribution in [0.4, 0.5) is 11.4 Å². The molecule has 0 saturated carbocycles. The van der Waals surface area contributed by atoms with Crippen molar-refractivity contribution in [2.45, 2.75) is 32.7 Å². The second-order valence-corrected chi connectivity index (χ2v) is 9.91. The molecule has 10 heteroatoms. The molecule has 3 aromatic rings. The standard InChI is InChI=1S/C28H30N4O5S/c1-5-7-19-8-11-21(12-9-19)26(33)22(18-29)28-31(14-6-15-37-4)27(34)25(38-28)17-20-10-13-23(30(2)3)24(16-20)32(35)36/h8-13,16-17H,5-7,14-15H2,1-4H3/b25-17-,28-22-. The van der Waals surface area contributed by atoms with Crippen LogP contribution in [0.25, 0.3) is 11.6 Å². The van der Waals surface area contributed by atoms with E-state index in [1.54, 1.807) is 56.4 Å². The lowest BCUT2D eigenvalue weighted by molar-refractivity contribution is -0.384. The molecule has 0 atom stereocenters. The molecular weight excluding hydrogens is 504 g/mol. The molecule has 0 aliphatic rings. The van der Waals surface area contributed by atoms with E-state index in [1.807, 2.05) is 18.2 Å². The topological polar surface area (TPSA) is 118 Å². The molecule has 3 rings (SSSR count). The summed E-state index contributed by atoms with van der Waals surface area (Å²) >= 11 is 1.02. The summed E-state index contributed by atoms with van der Waals surface area (Å²) in [6, 6.07) is 13.9. The molecule has 1 heterocycles. The van der Waals surface area contributed by atoms with Crippen molar-refractivity contribution in [3.63, 3.8) is 0 Å². The summed E-state index contributed by atoms with van der Waals surface area (Å²) in [4.78, 5) is 39.5. The van der Waals surface area contributed by atoms with E-state index in [2.05, 4.69) is 6.92 Å². The van der Waals surface area contributed by atoms with E-state index in [1.165, 1.54) is 10.6 Å². The van der Waals surface area contributed by atoms with E-state index < -0.39 is 10.7 Å². The number of methoxy groups -OCH3 is 1. The van der Waals surface area contributed by atoms with Crippen molar-refractivity contribution in [2.75, 3.05) is 32.7 Å². The summed E-state index contributed by atoms with van der Waals surface area (Å²) in [6.45, 7) is 2.72. The fourth-order valence-corrected chi connectivity index (χ4v) is 5.16. The van der Waals surface area contributed by atoms with Gasteiger partial charge >= 0.3 is 0 Å². The van der Waals surface area contributed by atoms with Gasteiger partial charge in [-0.15, -0.1) is 11.3 Å². The minimum absolute atomic E-state index is 0.0908. The van der Waals surface area contributed by atoms with Gasteiger partial charge in [-0.1, -0.05) is 43.7 Å². The van der Waals surface area contributed by atoms with E-state index in [-0.39, 0.29) is 32.6 Å². The Labute approximate surface area is 224 Å². The van der Waals surface area contributed by atoms with Crippen molar-refractivity contribution in [2.24, 2.45) is 0 Å². The van der Waals surface area contributed by atoms with Crippen LogP contribution in [-0.4, -0.2) is 43.1 Å². The number of Topliss-reactive ketones (excluding diaryl/α,β-unsaturated/α-hetero) is 1. The van der Waals surface area contributed by atoms with Crippen LogP contribution in [0.1, 0.15) is 41.3 Å². The lowest BCUT2D eigenvalue weighted by atomic mass is 10.0. The van der Waals surface area contributed by atoms with Gasteiger partial charge in [-0.25, -0.2) is 0 Å². The van der Waals surface area contributed by atoms with Gasteiger partial charge in [-0.05, 0) is 36.1 Å². The van der Waals surface area contributed by atoms with E-state index in [0.29, 0.717) is 29.8 Å². The molecule has 0 aliphatic heterocycles. The Bertz CT molecular complexity index is 1550. The summed E-state index contributed by atoms with van der Waals surface area (Å²) in [5, 5.41) is 21.6. The number of aromatic nitrogens is 1. The maximum Gasteiger partial charge on any atom is 0.293 e. The highest BCUT2D eigenvalue weighted by molar-refractivity contribution is 7.07. The quantitative estimate of drug-likeness (QED) is 0.160. The van der Waals surface area contributed by atoms with Crippen molar-refractivity contribution in [3.05, 3.63) is 88.8 Å². The Morgan fingerprint density at radius 1 is 1.24 bits per heavy atom. The fourth-order valence-electron chi connectivity index (χ4n) is 4.03. The second kappa shape index (κ2) is 12.9. The number of thiazole rings is 1. The Morgan fingerprint density at radius 3 is 2.53 bits per heavy atom. The molecule has 0 aliphatic carbocycles. The predicted molar refractivity (Wildman–Crippen MR) is 149 cm³/mol. The first kappa shape index (κ1) is 28.5. The van der Waals surface area contributed by atoms with Gasteiger partial charge in [0.15, 0.2) is 0 Å². The Kier molecular flexibility index (Phi) is 9.71. The van der Waals surface area contributed by atoms with Crippen LogP contribution in [0.5, 0.6) is 0 Å². The molecule has 0 fully saturated rings. The number of rotatable bonds is 11. The van der Waals surface area contributed by atoms with Gasteiger partial charge < -0.3 is 9.64 Å². The summed E-state index contributed by atoms with van der Waals surface area (Å²) in [7, 11) is 4.98. The first-order valence-electron chi connectivity index (χ1n) is 12.2. The van der Waals surface area contributed by atoms with Crippen LogP contribution in [0, 0.1) is 21.4 Å². The fraction of sp³-hybridized carbons (Fsp3) is 0.321. The lowest BCUT2D eigenvalue weighted by Gasteiger charge is -2.12. The van der Waals surface area contributed by atoms with Crippen molar-refractivity contribution >= 4 is 40.1 Å². The van der Waals surface area contributed by atoms with Crippen molar-refractivity contribution in [1.82, 2.24) is 4.57 Å². The van der Waals surface area contributed by atoms with Gasteiger partial charge in [0.05, 0.1) is 9.46 Å². The van der Waals surface area contributed by atoms with Gasteiger partial charge in [-0.2, -0.15) is 5.26 Å². The van der Waals surface area contributed by atoms with E-state index in [9.17, 15) is 25.0 Å². The maximum absolute atomic E-state index is 13.4. The highest BCUT2D eigenvalue weighted by atomic mass is 32.1. The number of anilines is 1. The molecule has 38 heavy (non-hydrogen) atoms. The first-order valence-corrected chi connectivity index (χ1v) is 13.0. The SMILES string of the molecule is CCCc1ccc(C(=O)/C(C#N)=c2\s/c(=C\c3ccc(N(C)C)c([N+](=O)[O-])c3)c(=O)n2CCCOC)cc1. The monoisotopic (exact) mass is 534 g/mol. The minimum atomic E-state index is -0.471. The average molecular weight is 535 g/mol. The third kappa shape index (κ3) is 6.43. The zero-order valence-electron chi connectivity index (χ0n) is 21.9. The largest absolute Gasteiger partial charge is 0.385 e. The number of nitriles is 1. The number of ketones is 1. The lowest BCUT2D eigenvalue weighted by Crippen LogP contribution is -2.33. The summed E-state index contributed by atoms with van der Waals surface area (Å²) in [5.41, 5.74) is 1.78. The molecule has 0 unspecified atom stereocenters.